The number of nitrogens with one attached hydrogen (secondary N) is 1. The number of hydrogen-bond donors (Lipinski definition) is 2. The topological polar surface area (TPSA) is 70.4 Å². The third-order valence-corrected chi connectivity index (χ3v) is 5.57. The zero-order chi connectivity index (χ0) is 22.2. The molecule has 0 fully saturated rings. The molecule has 2 aromatic rings. The molecular weight excluding hydrogens is 388 g/mol. The zero-order valence-electron chi connectivity index (χ0n) is 18.4. The number of fused-ring (bicyclic) bond motifs is 1. The van der Waals surface area contributed by atoms with E-state index in [9.17, 15) is 9.90 Å². The maximum atomic E-state index is 12.6. The van der Waals surface area contributed by atoms with Crippen molar-refractivity contribution in [3.8, 4) is 0 Å². The van der Waals surface area contributed by atoms with Gasteiger partial charge in [0.05, 0.1) is 29.3 Å². The Morgan fingerprint density at radius 2 is 2.13 bits per heavy atom. The molecule has 0 radical (unpaired) electrons. The molecule has 0 bridgehead atoms. The van der Waals surface area contributed by atoms with Crippen LogP contribution in [0.4, 0.5) is 0 Å². The molecule has 1 aromatic carbocycles. The normalized spacial score (nSPS) is 15.6. The van der Waals surface area contributed by atoms with Crippen molar-refractivity contribution in [3.05, 3.63) is 83.7 Å². The van der Waals surface area contributed by atoms with Crippen molar-refractivity contribution in [2.24, 2.45) is 0 Å². The maximum Gasteiger partial charge on any atom is 0.254 e. The first-order chi connectivity index (χ1) is 15.0. The summed E-state index contributed by atoms with van der Waals surface area (Å²) in [6, 6.07) is 8.47. The summed E-state index contributed by atoms with van der Waals surface area (Å²) >= 11 is 0. The van der Waals surface area contributed by atoms with Crippen LogP contribution in [0.5, 0.6) is 0 Å². The van der Waals surface area contributed by atoms with E-state index in [1.165, 1.54) is 11.1 Å². The number of allylic oxidation sites excluding steroid dienone is 5. The SMILES string of the molecule is C=C/C=C(\C=C/C)n1ncc(C(=O)NCCC(O)CN2CCc3ccccc3C2)c1C. The van der Waals surface area contributed by atoms with Crippen molar-refractivity contribution in [3.63, 3.8) is 0 Å². The second-order valence-corrected chi connectivity index (χ2v) is 7.83. The van der Waals surface area contributed by atoms with Gasteiger partial charge in [0.25, 0.3) is 5.91 Å². The number of carbonyl (C=O) groups excluding carboxylic acids is 1. The molecule has 0 aliphatic carbocycles. The minimum Gasteiger partial charge on any atom is -0.392 e. The van der Waals surface area contributed by atoms with E-state index in [1.807, 2.05) is 32.1 Å². The zero-order valence-corrected chi connectivity index (χ0v) is 18.4. The third kappa shape index (κ3) is 5.81. The Morgan fingerprint density at radius 3 is 2.87 bits per heavy atom. The van der Waals surface area contributed by atoms with Crippen molar-refractivity contribution >= 4 is 11.6 Å². The molecule has 1 atom stereocenters. The molecule has 2 heterocycles. The van der Waals surface area contributed by atoms with E-state index in [4.69, 9.17) is 0 Å². The third-order valence-electron chi connectivity index (χ3n) is 5.57. The molecule has 0 spiro atoms. The van der Waals surface area contributed by atoms with E-state index >= 15 is 0 Å². The highest BCUT2D eigenvalue weighted by Gasteiger charge is 2.19. The monoisotopic (exact) mass is 420 g/mol. The Labute approximate surface area is 184 Å². The average Bonchev–Trinajstić information content (AvgIpc) is 3.14. The maximum absolute atomic E-state index is 12.6. The van der Waals surface area contributed by atoms with E-state index < -0.39 is 6.10 Å². The summed E-state index contributed by atoms with van der Waals surface area (Å²) < 4.78 is 1.72. The van der Waals surface area contributed by atoms with Gasteiger partial charge in [0.15, 0.2) is 0 Å². The molecule has 1 amide bonds. The standard InChI is InChI=1S/C25H32N4O2/c1-4-8-22(9-5-2)29-19(3)24(16-27-29)25(31)26-14-12-23(30)18-28-15-13-20-10-6-7-11-21(20)17-28/h4-11,16,23,30H,1,12-15,17-18H2,2-3H3,(H,26,31)/b9-5-,22-8+. The summed E-state index contributed by atoms with van der Waals surface area (Å²) in [6.45, 7) is 10.4. The first-order valence-corrected chi connectivity index (χ1v) is 10.8. The van der Waals surface area contributed by atoms with Crippen LogP contribution >= 0.6 is 0 Å². The van der Waals surface area contributed by atoms with E-state index in [-0.39, 0.29) is 5.91 Å². The molecule has 1 aromatic heterocycles. The number of hydrogen-bond acceptors (Lipinski definition) is 4. The van der Waals surface area contributed by atoms with Crippen LogP contribution in [0.1, 0.15) is 40.5 Å². The molecule has 31 heavy (non-hydrogen) atoms. The van der Waals surface area contributed by atoms with Gasteiger partial charge in [0.2, 0.25) is 0 Å². The lowest BCUT2D eigenvalue weighted by Gasteiger charge is -2.30. The predicted octanol–water partition coefficient (Wildman–Crippen LogP) is 3.33. The van der Waals surface area contributed by atoms with Crippen molar-refractivity contribution < 1.29 is 9.90 Å². The fourth-order valence-electron chi connectivity index (χ4n) is 3.93. The van der Waals surface area contributed by atoms with Gasteiger partial charge < -0.3 is 10.4 Å². The molecule has 3 rings (SSSR count). The lowest BCUT2D eigenvalue weighted by Crippen LogP contribution is -2.38. The Morgan fingerprint density at radius 1 is 1.35 bits per heavy atom. The molecular formula is C25H32N4O2. The average molecular weight is 421 g/mol. The summed E-state index contributed by atoms with van der Waals surface area (Å²) in [5, 5.41) is 17.7. The Balaban J connectivity index is 1.49. The number of β-amino-alcohol motifs (C(OH)–C–C–N with tert-alkyl or cyclic N) is 1. The molecule has 0 saturated heterocycles. The summed E-state index contributed by atoms with van der Waals surface area (Å²) in [5.41, 5.74) is 4.87. The number of carbonyl (C=O) groups is 1. The fourth-order valence-corrected chi connectivity index (χ4v) is 3.93. The van der Waals surface area contributed by atoms with Crippen LogP contribution in [0.15, 0.2) is 61.3 Å². The predicted molar refractivity (Wildman–Crippen MR) is 125 cm³/mol. The molecule has 6 nitrogen and oxygen atoms in total. The van der Waals surface area contributed by atoms with Gasteiger partial charge >= 0.3 is 0 Å². The highest BCUT2D eigenvalue weighted by Crippen LogP contribution is 2.19. The highest BCUT2D eigenvalue weighted by atomic mass is 16.3. The summed E-state index contributed by atoms with van der Waals surface area (Å²) in [4.78, 5) is 14.9. The van der Waals surface area contributed by atoms with Gasteiger partial charge in [-0.2, -0.15) is 5.10 Å². The molecule has 1 aliphatic rings. The Bertz CT molecular complexity index is 974. The van der Waals surface area contributed by atoms with E-state index in [0.29, 0.717) is 25.1 Å². The lowest BCUT2D eigenvalue weighted by molar-refractivity contribution is 0.0892. The van der Waals surface area contributed by atoms with Gasteiger partial charge in [-0.15, -0.1) is 0 Å². The minimum absolute atomic E-state index is 0.179. The van der Waals surface area contributed by atoms with Crippen molar-refractivity contribution in [2.75, 3.05) is 19.6 Å². The number of amides is 1. The van der Waals surface area contributed by atoms with E-state index in [2.05, 4.69) is 46.2 Å². The number of rotatable bonds is 9. The van der Waals surface area contributed by atoms with Crippen molar-refractivity contribution in [1.82, 2.24) is 20.0 Å². The molecule has 1 unspecified atom stereocenters. The second kappa shape index (κ2) is 10.9. The van der Waals surface area contributed by atoms with Crippen LogP contribution in [-0.4, -0.2) is 51.4 Å². The van der Waals surface area contributed by atoms with Crippen molar-refractivity contribution in [2.45, 2.75) is 39.3 Å². The Kier molecular flexibility index (Phi) is 7.98. The van der Waals surface area contributed by atoms with Crippen LogP contribution < -0.4 is 5.32 Å². The number of nitrogens with zero attached hydrogens (tertiary/aromatic N) is 3. The van der Waals surface area contributed by atoms with E-state index in [1.54, 1.807) is 17.0 Å². The largest absolute Gasteiger partial charge is 0.392 e. The van der Waals surface area contributed by atoms with Crippen LogP contribution in [0.25, 0.3) is 5.70 Å². The van der Waals surface area contributed by atoms with Gasteiger partial charge in [-0.25, -0.2) is 4.68 Å². The molecule has 0 saturated carbocycles. The smallest absolute Gasteiger partial charge is 0.254 e. The van der Waals surface area contributed by atoms with Gasteiger partial charge in [-0.1, -0.05) is 43.0 Å². The summed E-state index contributed by atoms with van der Waals surface area (Å²) in [5.74, 6) is -0.179. The summed E-state index contributed by atoms with van der Waals surface area (Å²) in [6.07, 6.45) is 9.99. The lowest BCUT2D eigenvalue weighted by atomic mass is 9.99. The summed E-state index contributed by atoms with van der Waals surface area (Å²) in [7, 11) is 0. The van der Waals surface area contributed by atoms with Gasteiger partial charge in [-0.3, -0.25) is 9.69 Å². The Hall–Kier alpha value is -2.96. The second-order valence-electron chi connectivity index (χ2n) is 7.83. The number of benzene rings is 1. The number of aliphatic hydroxyl groups excluding tert-OH is 1. The number of aliphatic hydroxyl groups is 1. The fraction of sp³-hybridized carbons (Fsp3) is 0.360. The van der Waals surface area contributed by atoms with Gasteiger partial charge in [-0.05, 0) is 50.0 Å². The highest BCUT2D eigenvalue weighted by molar-refractivity contribution is 5.95. The number of aromatic nitrogens is 2. The van der Waals surface area contributed by atoms with Crippen LogP contribution in [0, 0.1) is 6.92 Å². The van der Waals surface area contributed by atoms with Gasteiger partial charge in [0, 0.05) is 26.2 Å². The molecule has 164 valence electrons. The van der Waals surface area contributed by atoms with Gasteiger partial charge in [0.1, 0.15) is 0 Å². The van der Waals surface area contributed by atoms with E-state index in [0.717, 1.165) is 30.9 Å². The molecule has 6 heteroatoms. The first-order valence-electron chi connectivity index (χ1n) is 10.8. The first kappa shape index (κ1) is 22.7. The van der Waals surface area contributed by atoms with Crippen molar-refractivity contribution in [1.29, 1.82) is 0 Å². The molecule has 1 aliphatic heterocycles. The minimum atomic E-state index is -0.480. The van der Waals surface area contributed by atoms with Crippen LogP contribution in [0.2, 0.25) is 0 Å². The molecule has 2 N–H and O–H groups in total. The quantitative estimate of drug-likeness (QED) is 0.611. The van der Waals surface area contributed by atoms with Crippen LogP contribution in [-0.2, 0) is 13.0 Å². The van der Waals surface area contributed by atoms with Crippen LogP contribution in [0.3, 0.4) is 0 Å².